The van der Waals surface area contributed by atoms with E-state index < -0.39 is 29.3 Å². The Morgan fingerprint density at radius 1 is 0.973 bits per heavy atom. The van der Waals surface area contributed by atoms with E-state index in [4.69, 9.17) is 14.2 Å². The second-order valence-electron chi connectivity index (χ2n) is 8.74. The lowest BCUT2D eigenvalue weighted by Crippen LogP contribution is -2.42. The van der Waals surface area contributed by atoms with Crippen molar-refractivity contribution in [1.82, 2.24) is 0 Å². The smallest absolute Gasteiger partial charge is 0.419 e. The summed E-state index contributed by atoms with van der Waals surface area (Å²) < 4.78 is 43.8. The summed E-state index contributed by atoms with van der Waals surface area (Å²) in [6, 6.07) is 15.9. The average molecular weight is 512 g/mol. The second-order valence-corrected chi connectivity index (χ2v) is 8.74. The first kappa shape index (κ1) is 26.1. The van der Waals surface area contributed by atoms with Gasteiger partial charge in [-0.25, -0.2) is 23.3 Å². The van der Waals surface area contributed by atoms with Crippen molar-refractivity contribution in [2.24, 2.45) is 0 Å². The van der Waals surface area contributed by atoms with Crippen LogP contribution in [0.4, 0.5) is 25.0 Å². The van der Waals surface area contributed by atoms with Gasteiger partial charge in [-0.1, -0.05) is 24.3 Å². The van der Waals surface area contributed by atoms with E-state index in [0.29, 0.717) is 12.2 Å². The number of hydrogen-bond donors (Lipinski definition) is 1. The fourth-order valence-electron chi connectivity index (χ4n) is 4.31. The highest BCUT2D eigenvalue weighted by molar-refractivity contribution is 5.96. The van der Waals surface area contributed by atoms with Crippen molar-refractivity contribution in [3.05, 3.63) is 89.5 Å². The SMILES string of the molecule is CCOC(=O)COc1cccc2c1CC[C@](O)(COC(=O)N(c1cccc(F)c1)c1cccc(F)c1)C2. The third-order valence-electron chi connectivity index (χ3n) is 6.02. The van der Waals surface area contributed by atoms with Crippen LogP contribution in [0.25, 0.3) is 0 Å². The van der Waals surface area contributed by atoms with Crippen LogP contribution in [0.15, 0.2) is 66.7 Å². The van der Waals surface area contributed by atoms with E-state index in [1.54, 1.807) is 19.1 Å². The van der Waals surface area contributed by atoms with Crippen LogP contribution in [0.2, 0.25) is 0 Å². The molecule has 1 aliphatic carbocycles. The van der Waals surface area contributed by atoms with E-state index in [2.05, 4.69) is 0 Å². The number of halogens is 2. The Bertz CT molecular complexity index is 1240. The lowest BCUT2D eigenvalue weighted by atomic mass is 9.80. The van der Waals surface area contributed by atoms with Crippen molar-refractivity contribution in [3.63, 3.8) is 0 Å². The molecule has 1 atom stereocenters. The van der Waals surface area contributed by atoms with Gasteiger partial charge in [-0.05, 0) is 73.4 Å². The Morgan fingerprint density at radius 2 is 1.62 bits per heavy atom. The van der Waals surface area contributed by atoms with Crippen LogP contribution in [-0.2, 0) is 27.1 Å². The number of hydrogen-bond acceptors (Lipinski definition) is 6. The van der Waals surface area contributed by atoms with Gasteiger partial charge in [0.2, 0.25) is 0 Å². The zero-order chi connectivity index (χ0) is 26.4. The fourth-order valence-corrected chi connectivity index (χ4v) is 4.31. The average Bonchev–Trinajstić information content (AvgIpc) is 2.86. The molecule has 7 nitrogen and oxygen atoms in total. The summed E-state index contributed by atoms with van der Waals surface area (Å²) in [7, 11) is 0. The molecule has 0 heterocycles. The molecule has 4 rings (SSSR count). The molecule has 3 aromatic rings. The highest BCUT2D eigenvalue weighted by Crippen LogP contribution is 2.35. The Kier molecular flexibility index (Phi) is 8.03. The molecule has 0 bridgehead atoms. The van der Waals surface area contributed by atoms with E-state index >= 15 is 0 Å². The standard InChI is InChI=1S/C28H27F2NO6/c1-2-35-26(32)17-36-25-11-3-6-19-16-28(34,13-12-24(19)25)18-37-27(33)31(22-9-4-7-20(29)14-22)23-10-5-8-21(30)15-23/h3-11,14-15,34H,2,12-13,16-18H2,1H3/t28-/m1/s1. The number of fused-ring (bicyclic) bond motifs is 1. The van der Waals surface area contributed by atoms with Crippen molar-refractivity contribution in [3.8, 4) is 5.75 Å². The zero-order valence-electron chi connectivity index (χ0n) is 20.3. The summed E-state index contributed by atoms with van der Waals surface area (Å²) >= 11 is 0. The number of ether oxygens (including phenoxy) is 3. The maximum Gasteiger partial charge on any atom is 0.419 e. The van der Waals surface area contributed by atoms with Crippen LogP contribution in [-0.4, -0.2) is 42.6 Å². The van der Waals surface area contributed by atoms with Gasteiger partial charge in [0.25, 0.3) is 0 Å². The van der Waals surface area contributed by atoms with E-state index in [1.165, 1.54) is 36.4 Å². The molecular formula is C28H27F2NO6. The molecule has 1 N–H and O–H groups in total. The summed E-state index contributed by atoms with van der Waals surface area (Å²) in [5, 5.41) is 11.2. The first-order valence-electron chi connectivity index (χ1n) is 11.9. The second kappa shape index (κ2) is 11.4. The number of rotatable bonds is 8. The molecule has 0 aromatic heterocycles. The normalized spacial score (nSPS) is 16.4. The van der Waals surface area contributed by atoms with E-state index in [9.17, 15) is 23.5 Å². The van der Waals surface area contributed by atoms with Crippen molar-refractivity contribution in [1.29, 1.82) is 0 Å². The molecule has 3 aromatic carbocycles. The Morgan fingerprint density at radius 3 is 2.24 bits per heavy atom. The minimum absolute atomic E-state index is 0.153. The topological polar surface area (TPSA) is 85.3 Å². The van der Waals surface area contributed by atoms with Crippen molar-refractivity contribution in [2.45, 2.75) is 31.8 Å². The van der Waals surface area contributed by atoms with Gasteiger partial charge in [0.15, 0.2) is 6.61 Å². The molecule has 0 unspecified atom stereocenters. The van der Waals surface area contributed by atoms with Gasteiger partial charge < -0.3 is 19.3 Å². The fraction of sp³-hybridized carbons (Fsp3) is 0.286. The molecule has 0 spiro atoms. The minimum atomic E-state index is -1.36. The van der Waals surface area contributed by atoms with Gasteiger partial charge >= 0.3 is 12.1 Å². The van der Waals surface area contributed by atoms with Gasteiger partial charge in [0.1, 0.15) is 29.6 Å². The number of aliphatic hydroxyl groups is 1. The van der Waals surface area contributed by atoms with Crippen molar-refractivity contribution >= 4 is 23.4 Å². The maximum atomic E-state index is 13.9. The predicted molar refractivity (Wildman–Crippen MR) is 132 cm³/mol. The van der Waals surface area contributed by atoms with Gasteiger partial charge in [-0.2, -0.15) is 0 Å². The van der Waals surface area contributed by atoms with Gasteiger partial charge in [-0.3, -0.25) is 0 Å². The third kappa shape index (κ3) is 6.42. The highest BCUT2D eigenvalue weighted by Gasteiger charge is 2.36. The monoisotopic (exact) mass is 511 g/mol. The van der Waals surface area contributed by atoms with Crippen LogP contribution < -0.4 is 9.64 Å². The number of carbonyl (C=O) groups is 2. The van der Waals surface area contributed by atoms with Crippen LogP contribution >= 0.6 is 0 Å². The van der Waals surface area contributed by atoms with E-state index in [-0.39, 0.29) is 44.0 Å². The lowest BCUT2D eigenvalue weighted by Gasteiger charge is -2.34. The first-order chi connectivity index (χ1) is 17.8. The molecule has 37 heavy (non-hydrogen) atoms. The molecule has 0 saturated carbocycles. The van der Waals surface area contributed by atoms with Gasteiger partial charge in [-0.15, -0.1) is 0 Å². The summed E-state index contributed by atoms with van der Waals surface area (Å²) in [6.45, 7) is 1.42. The molecule has 1 amide bonds. The number of carbonyl (C=O) groups excluding carboxylic acids is 2. The maximum absolute atomic E-state index is 13.9. The summed E-state index contributed by atoms with van der Waals surface area (Å²) in [4.78, 5) is 25.8. The Balaban J connectivity index is 1.48. The lowest BCUT2D eigenvalue weighted by molar-refractivity contribution is -0.145. The van der Waals surface area contributed by atoms with Crippen LogP contribution in [0.5, 0.6) is 5.75 Å². The molecule has 1 aliphatic rings. The molecule has 9 heteroatoms. The third-order valence-corrected chi connectivity index (χ3v) is 6.02. The molecule has 0 radical (unpaired) electrons. The molecular weight excluding hydrogens is 484 g/mol. The number of amides is 1. The number of benzene rings is 3. The highest BCUT2D eigenvalue weighted by atomic mass is 19.1. The van der Waals surface area contributed by atoms with Crippen LogP contribution in [0.3, 0.4) is 0 Å². The van der Waals surface area contributed by atoms with E-state index in [1.807, 2.05) is 6.07 Å². The molecule has 0 aliphatic heterocycles. The number of nitrogens with zero attached hydrogens (tertiary/aromatic N) is 1. The quantitative estimate of drug-likeness (QED) is 0.424. The first-order valence-corrected chi connectivity index (χ1v) is 11.9. The zero-order valence-corrected chi connectivity index (χ0v) is 20.3. The molecule has 0 fully saturated rings. The van der Waals surface area contributed by atoms with Gasteiger partial charge in [0.05, 0.1) is 18.0 Å². The largest absolute Gasteiger partial charge is 0.482 e. The van der Waals surface area contributed by atoms with Crippen molar-refractivity contribution in [2.75, 3.05) is 24.7 Å². The van der Waals surface area contributed by atoms with Crippen LogP contribution in [0.1, 0.15) is 24.5 Å². The number of anilines is 2. The van der Waals surface area contributed by atoms with E-state index in [0.717, 1.165) is 28.2 Å². The number of esters is 1. The summed E-state index contributed by atoms with van der Waals surface area (Å²) in [6.07, 6.45) is 0.000836. The molecule has 0 saturated heterocycles. The van der Waals surface area contributed by atoms with Crippen molar-refractivity contribution < 1.29 is 37.7 Å². The molecule has 194 valence electrons. The minimum Gasteiger partial charge on any atom is -0.482 e. The Hall–Kier alpha value is -3.98. The summed E-state index contributed by atoms with van der Waals surface area (Å²) in [5.74, 6) is -1.08. The predicted octanol–water partition coefficient (Wildman–Crippen LogP) is 5.10. The Labute approximate surface area is 213 Å². The van der Waals surface area contributed by atoms with Crippen LogP contribution in [0, 0.1) is 11.6 Å². The summed E-state index contributed by atoms with van der Waals surface area (Å²) in [5.41, 5.74) is 0.611. The van der Waals surface area contributed by atoms with Gasteiger partial charge in [0, 0.05) is 6.42 Å².